The van der Waals surface area contributed by atoms with Gasteiger partial charge in [-0.1, -0.05) is 29.8 Å². The van der Waals surface area contributed by atoms with Crippen LogP contribution in [0.25, 0.3) is 5.69 Å². The molecule has 1 aromatic carbocycles. The SMILES string of the molecule is CCNC(=O)NC(=O)C[NH+]1CCN(c2cnn(-c3ccccc3)c(=O)c2Cl)CC1. The van der Waals surface area contributed by atoms with E-state index in [2.05, 4.69) is 15.7 Å². The van der Waals surface area contributed by atoms with E-state index >= 15 is 0 Å². The molecule has 1 aromatic heterocycles. The first-order valence-electron chi connectivity index (χ1n) is 9.49. The van der Waals surface area contributed by atoms with Crippen LogP contribution in [-0.2, 0) is 4.79 Å². The molecule has 0 bridgehead atoms. The van der Waals surface area contributed by atoms with Gasteiger partial charge >= 0.3 is 6.03 Å². The van der Waals surface area contributed by atoms with Gasteiger partial charge in [-0.15, -0.1) is 0 Å². The Morgan fingerprint density at radius 2 is 1.90 bits per heavy atom. The summed E-state index contributed by atoms with van der Waals surface area (Å²) in [5.74, 6) is -0.315. The van der Waals surface area contributed by atoms with Crippen molar-refractivity contribution in [1.82, 2.24) is 20.4 Å². The number of nitrogens with one attached hydrogen (secondary N) is 3. The van der Waals surface area contributed by atoms with Crippen LogP contribution in [0.5, 0.6) is 0 Å². The summed E-state index contributed by atoms with van der Waals surface area (Å²) >= 11 is 6.36. The molecule has 29 heavy (non-hydrogen) atoms. The van der Waals surface area contributed by atoms with Crippen molar-refractivity contribution in [3.63, 3.8) is 0 Å². The van der Waals surface area contributed by atoms with Crippen molar-refractivity contribution in [3.8, 4) is 5.69 Å². The second kappa shape index (κ2) is 9.53. The lowest BCUT2D eigenvalue weighted by Gasteiger charge is -2.33. The van der Waals surface area contributed by atoms with Crippen molar-refractivity contribution in [1.29, 1.82) is 0 Å². The summed E-state index contributed by atoms with van der Waals surface area (Å²) in [6.07, 6.45) is 1.60. The Morgan fingerprint density at radius 1 is 1.21 bits per heavy atom. The van der Waals surface area contributed by atoms with E-state index < -0.39 is 6.03 Å². The lowest BCUT2D eigenvalue weighted by atomic mass is 10.2. The van der Waals surface area contributed by atoms with Gasteiger partial charge in [0.05, 0.1) is 43.8 Å². The van der Waals surface area contributed by atoms with Crippen molar-refractivity contribution in [2.24, 2.45) is 0 Å². The van der Waals surface area contributed by atoms with Gasteiger partial charge in [-0.05, 0) is 19.1 Å². The molecule has 0 atom stereocenters. The maximum atomic E-state index is 12.6. The third-order valence-corrected chi connectivity index (χ3v) is 5.07. The van der Waals surface area contributed by atoms with Gasteiger partial charge in [0.2, 0.25) is 0 Å². The second-order valence-corrected chi connectivity index (χ2v) is 7.10. The normalized spacial score (nSPS) is 14.5. The molecule has 1 aliphatic rings. The van der Waals surface area contributed by atoms with Crippen molar-refractivity contribution >= 4 is 29.2 Å². The number of carbonyl (C=O) groups excluding carboxylic acids is 2. The Bertz CT molecular complexity index is 925. The molecule has 10 heteroatoms. The molecule has 0 radical (unpaired) electrons. The molecule has 3 N–H and O–H groups in total. The fourth-order valence-corrected chi connectivity index (χ4v) is 3.49. The van der Waals surface area contributed by atoms with Crippen LogP contribution in [0.15, 0.2) is 41.3 Å². The summed E-state index contributed by atoms with van der Waals surface area (Å²) < 4.78 is 1.28. The average molecular weight is 420 g/mol. The molecule has 9 nitrogen and oxygen atoms in total. The first-order valence-corrected chi connectivity index (χ1v) is 9.87. The predicted molar refractivity (Wildman–Crippen MR) is 110 cm³/mol. The van der Waals surface area contributed by atoms with E-state index in [-0.39, 0.29) is 23.0 Å². The number of rotatable bonds is 5. The van der Waals surface area contributed by atoms with Crippen LogP contribution in [0.1, 0.15) is 6.92 Å². The number of anilines is 1. The third-order valence-electron chi connectivity index (χ3n) is 4.71. The quantitative estimate of drug-likeness (QED) is 0.603. The Morgan fingerprint density at radius 3 is 2.55 bits per heavy atom. The molecular formula is C19H24ClN6O3+. The van der Waals surface area contributed by atoms with E-state index in [9.17, 15) is 14.4 Å². The largest absolute Gasteiger partial charge is 0.358 e. The van der Waals surface area contributed by atoms with E-state index in [1.165, 1.54) is 4.68 Å². The number of carbonyl (C=O) groups is 2. The van der Waals surface area contributed by atoms with Crippen LogP contribution < -0.4 is 26.0 Å². The van der Waals surface area contributed by atoms with Crippen LogP contribution in [0, 0.1) is 0 Å². The number of quaternary nitrogens is 1. The molecule has 2 aromatic rings. The highest BCUT2D eigenvalue weighted by Gasteiger charge is 2.25. The zero-order valence-electron chi connectivity index (χ0n) is 16.2. The van der Waals surface area contributed by atoms with E-state index in [1.54, 1.807) is 25.3 Å². The maximum absolute atomic E-state index is 12.6. The number of urea groups is 1. The van der Waals surface area contributed by atoms with Crippen LogP contribution in [0.4, 0.5) is 10.5 Å². The van der Waals surface area contributed by atoms with Crippen LogP contribution >= 0.6 is 11.6 Å². The number of imide groups is 1. The van der Waals surface area contributed by atoms with E-state index in [0.29, 0.717) is 44.1 Å². The van der Waals surface area contributed by atoms with E-state index in [4.69, 9.17) is 11.6 Å². The molecule has 1 saturated heterocycles. The van der Waals surface area contributed by atoms with Crippen LogP contribution in [0.2, 0.25) is 5.02 Å². The lowest BCUT2D eigenvalue weighted by Crippen LogP contribution is -3.16. The van der Waals surface area contributed by atoms with Gasteiger partial charge in [0.1, 0.15) is 5.02 Å². The van der Waals surface area contributed by atoms with Gasteiger partial charge < -0.3 is 15.1 Å². The van der Waals surface area contributed by atoms with Gasteiger partial charge in [0, 0.05) is 6.54 Å². The molecule has 3 amide bonds. The number of aromatic nitrogens is 2. The smallest absolute Gasteiger partial charge is 0.321 e. The minimum atomic E-state index is -0.479. The predicted octanol–water partition coefficient (Wildman–Crippen LogP) is -0.563. The fraction of sp³-hybridized carbons (Fsp3) is 0.368. The summed E-state index contributed by atoms with van der Waals surface area (Å²) in [5.41, 5.74) is 0.875. The standard InChI is InChI=1S/C19H23ClN6O3/c1-2-21-19(29)23-16(27)13-24-8-10-25(11-9-24)15-12-22-26(18(28)17(15)20)14-6-4-3-5-7-14/h3-7,12H,2,8-11,13H2,1H3,(H2,21,23,27,29)/p+1. The monoisotopic (exact) mass is 419 g/mol. The summed E-state index contributed by atoms with van der Waals surface area (Å²) in [4.78, 5) is 39.1. The minimum absolute atomic E-state index is 0.126. The first-order chi connectivity index (χ1) is 14.0. The van der Waals surface area contributed by atoms with Crippen molar-refractivity contribution < 1.29 is 14.5 Å². The first kappa shape index (κ1) is 20.8. The molecule has 0 spiro atoms. The Kier molecular flexibility index (Phi) is 6.84. The van der Waals surface area contributed by atoms with Crippen molar-refractivity contribution in [2.45, 2.75) is 6.92 Å². The molecule has 2 heterocycles. The molecule has 1 fully saturated rings. The number of nitrogens with zero attached hydrogens (tertiary/aromatic N) is 3. The number of halogens is 1. The van der Waals surface area contributed by atoms with Gasteiger partial charge in [0.25, 0.3) is 11.5 Å². The maximum Gasteiger partial charge on any atom is 0.321 e. The third kappa shape index (κ3) is 5.12. The number of hydrogen-bond acceptors (Lipinski definition) is 5. The summed E-state index contributed by atoms with van der Waals surface area (Å²) in [6.45, 7) is 5.07. The number of amides is 3. The lowest BCUT2D eigenvalue weighted by molar-refractivity contribution is -0.892. The van der Waals surface area contributed by atoms with Gasteiger partial charge in [-0.25, -0.2) is 4.79 Å². The van der Waals surface area contributed by atoms with Gasteiger partial charge in [-0.2, -0.15) is 9.78 Å². The minimum Gasteiger partial charge on any atom is -0.358 e. The number of hydrogen-bond donors (Lipinski definition) is 3. The van der Waals surface area contributed by atoms with Gasteiger partial charge in [-0.3, -0.25) is 14.9 Å². The van der Waals surface area contributed by atoms with Crippen molar-refractivity contribution in [3.05, 3.63) is 51.9 Å². The molecule has 1 aliphatic heterocycles. The van der Waals surface area contributed by atoms with E-state index in [1.807, 2.05) is 23.1 Å². The second-order valence-electron chi connectivity index (χ2n) is 6.72. The molecule has 0 unspecified atom stereocenters. The number of piperazine rings is 1. The number of benzene rings is 1. The Balaban J connectivity index is 1.61. The molecular weight excluding hydrogens is 396 g/mol. The molecule has 0 saturated carbocycles. The Labute approximate surface area is 173 Å². The highest BCUT2D eigenvalue weighted by Crippen LogP contribution is 2.21. The summed E-state index contributed by atoms with van der Waals surface area (Å²) in [7, 11) is 0. The zero-order chi connectivity index (χ0) is 20.8. The molecule has 0 aliphatic carbocycles. The summed E-state index contributed by atoms with van der Waals surface area (Å²) in [6, 6.07) is 8.62. The van der Waals surface area contributed by atoms with E-state index in [0.717, 1.165) is 4.90 Å². The highest BCUT2D eigenvalue weighted by molar-refractivity contribution is 6.33. The topological polar surface area (TPSA) is 101 Å². The summed E-state index contributed by atoms with van der Waals surface area (Å²) in [5, 5.41) is 9.23. The fourth-order valence-electron chi connectivity index (χ4n) is 3.24. The number of para-hydroxylation sites is 1. The Hall–Kier alpha value is -2.91. The molecule has 3 rings (SSSR count). The molecule has 154 valence electrons. The average Bonchev–Trinajstić information content (AvgIpc) is 2.71. The van der Waals surface area contributed by atoms with Crippen molar-refractivity contribution in [2.75, 3.05) is 44.2 Å². The highest BCUT2D eigenvalue weighted by atomic mass is 35.5. The van der Waals surface area contributed by atoms with Gasteiger partial charge in [0.15, 0.2) is 6.54 Å². The van der Waals surface area contributed by atoms with Crippen LogP contribution in [0.3, 0.4) is 0 Å². The van der Waals surface area contributed by atoms with Crippen LogP contribution in [-0.4, -0.2) is 61.0 Å². The zero-order valence-corrected chi connectivity index (χ0v) is 16.9.